The van der Waals surface area contributed by atoms with Crippen molar-refractivity contribution in [2.75, 3.05) is 0 Å². The number of nitrogens with zero attached hydrogens (tertiary/aromatic N) is 1. The summed E-state index contributed by atoms with van der Waals surface area (Å²) in [4.78, 5) is 17.0. The Balaban J connectivity index is 2.15. The van der Waals surface area contributed by atoms with Crippen LogP contribution in [0.4, 0.5) is 0 Å². The van der Waals surface area contributed by atoms with Gasteiger partial charge in [-0.1, -0.05) is 0 Å². The highest BCUT2D eigenvalue weighted by Crippen LogP contribution is 2.00. The number of carbonyl (C=O) groups excluding carboxylic acids is 1. The van der Waals surface area contributed by atoms with E-state index in [1.165, 1.54) is 0 Å². The van der Waals surface area contributed by atoms with Crippen molar-refractivity contribution in [2.45, 2.75) is 25.3 Å². The van der Waals surface area contributed by atoms with Crippen LogP contribution < -0.4 is 5.73 Å². The fraction of sp³-hybridized carbons (Fsp3) is 0.500. The maximum Gasteiger partial charge on any atom is 0.136 e. The number of nitrogens with one attached hydrogen (secondary N) is 1. The number of imidazole rings is 1. The summed E-state index contributed by atoms with van der Waals surface area (Å²) in [7, 11) is 0. The molecule has 0 saturated carbocycles. The topological polar surface area (TPSA) is 71.8 Å². The number of aryl methyl sites for hydroxylation is 1. The minimum absolute atomic E-state index is 0.312. The predicted octanol–water partition coefficient (Wildman–Crippen LogP) is 0.259. The summed E-state index contributed by atoms with van der Waals surface area (Å²) >= 11 is 0. The van der Waals surface area contributed by atoms with Crippen LogP contribution in [0, 0.1) is 0 Å². The first-order chi connectivity index (χ1) is 5.83. The second-order valence-corrected chi connectivity index (χ2v) is 2.77. The molecule has 1 atom stereocenters. The van der Waals surface area contributed by atoms with Gasteiger partial charge >= 0.3 is 0 Å². The van der Waals surface area contributed by atoms with Gasteiger partial charge in [0.25, 0.3) is 0 Å². The average molecular weight is 167 g/mol. The molecule has 0 saturated heterocycles. The number of aromatic nitrogens is 2. The third-order valence-corrected chi connectivity index (χ3v) is 1.71. The van der Waals surface area contributed by atoms with Gasteiger partial charge in [0.2, 0.25) is 0 Å². The first-order valence-corrected chi connectivity index (χ1v) is 4.01. The summed E-state index contributed by atoms with van der Waals surface area (Å²) in [6.45, 7) is 0. The number of aromatic amines is 1. The maximum atomic E-state index is 10.2. The van der Waals surface area contributed by atoms with Crippen LogP contribution in [0.1, 0.15) is 18.5 Å². The maximum absolute atomic E-state index is 10.2. The molecule has 1 aromatic rings. The van der Waals surface area contributed by atoms with E-state index in [9.17, 15) is 4.79 Å². The smallest absolute Gasteiger partial charge is 0.136 e. The van der Waals surface area contributed by atoms with Gasteiger partial charge in [-0.15, -0.1) is 0 Å². The minimum atomic E-state index is -0.312. The number of H-pyrrole nitrogens is 1. The summed E-state index contributed by atoms with van der Waals surface area (Å²) in [6.07, 6.45) is 6.78. The first-order valence-electron chi connectivity index (χ1n) is 4.01. The highest BCUT2D eigenvalue weighted by Gasteiger charge is 2.00. The summed E-state index contributed by atoms with van der Waals surface area (Å²) in [5.41, 5.74) is 6.51. The minimum Gasteiger partial charge on any atom is -0.348 e. The molecule has 1 rings (SSSR count). The van der Waals surface area contributed by atoms with Crippen LogP contribution in [0.3, 0.4) is 0 Å². The molecule has 0 spiro atoms. The largest absolute Gasteiger partial charge is 0.348 e. The van der Waals surface area contributed by atoms with E-state index in [0.717, 1.165) is 31.2 Å². The lowest BCUT2D eigenvalue weighted by Crippen LogP contribution is -2.21. The Bertz CT molecular complexity index is 220. The lowest BCUT2D eigenvalue weighted by atomic mass is 10.1. The highest BCUT2D eigenvalue weighted by atomic mass is 16.1. The predicted molar refractivity (Wildman–Crippen MR) is 45.6 cm³/mol. The summed E-state index contributed by atoms with van der Waals surface area (Å²) in [6, 6.07) is -0.312. The van der Waals surface area contributed by atoms with Crippen molar-refractivity contribution in [1.29, 1.82) is 0 Å². The van der Waals surface area contributed by atoms with Crippen molar-refractivity contribution in [2.24, 2.45) is 5.73 Å². The fourth-order valence-electron chi connectivity index (χ4n) is 1.02. The van der Waals surface area contributed by atoms with Crippen LogP contribution in [0.5, 0.6) is 0 Å². The number of rotatable bonds is 5. The Morgan fingerprint density at radius 2 is 2.58 bits per heavy atom. The summed E-state index contributed by atoms with van der Waals surface area (Å²) in [5, 5.41) is 0. The van der Waals surface area contributed by atoms with Gasteiger partial charge in [0, 0.05) is 11.9 Å². The van der Waals surface area contributed by atoms with Gasteiger partial charge in [0.05, 0.1) is 12.4 Å². The van der Waals surface area contributed by atoms with E-state index in [1.54, 1.807) is 12.5 Å². The monoisotopic (exact) mass is 167 g/mol. The fourth-order valence-corrected chi connectivity index (χ4v) is 1.02. The molecule has 0 radical (unpaired) electrons. The Hall–Kier alpha value is -1.16. The standard InChI is InChI=1S/C8H13N3O/c9-7(5-12)2-1-3-8-4-10-6-11-8/h4-7H,1-3,9H2,(H,10,11). The van der Waals surface area contributed by atoms with Gasteiger partial charge in [0.1, 0.15) is 6.29 Å². The molecule has 4 heteroatoms. The molecule has 12 heavy (non-hydrogen) atoms. The first kappa shape index (κ1) is 8.93. The zero-order valence-electron chi connectivity index (χ0n) is 6.86. The van der Waals surface area contributed by atoms with Crippen LogP contribution in [0.2, 0.25) is 0 Å². The van der Waals surface area contributed by atoms with E-state index in [-0.39, 0.29) is 6.04 Å². The molecule has 0 bridgehead atoms. The molecule has 0 aliphatic heterocycles. The van der Waals surface area contributed by atoms with Gasteiger partial charge < -0.3 is 15.5 Å². The molecule has 1 unspecified atom stereocenters. The van der Waals surface area contributed by atoms with Crippen molar-refractivity contribution >= 4 is 6.29 Å². The average Bonchev–Trinajstić information content (AvgIpc) is 2.57. The third-order valence-electron chi connectivity index (χ3n) is 1.71. The van der Waals surface area contributed by atoms with E-state index < -0.39 is 0 Å². The molecule has 0 fully saturated rings. The molecular weight excluding hydrogens is 154 g/mol. The van der Waals surface area contributed by atoms with Crippen molar-refractivity contribution in [3.8, 4) is 0 Å². The Morgan fingerprint density at radius 1 is 1.75 bits per heavy atom. The molecule has 0 aliphatic carbocycles. The van der Waals surface area contributed by atoms with E-state index in [4.69, 9.17) is 5.73 Å². The molecule has 1 aromatic heterocycles. The van der Waals surface area contributed by atoms with Crippen LogP contribution >= 0.6 is 0 Å². The van der Waals surface area contributed by atoms with Crippen LogP contribution in [0.25, 0.3) is 0 Å². The second kappa shape index (κ2) is 4.66. The van der Waals surface area contributed by atoms with Crippen LogP contribution in [-0.4, -0.2) is 22.3 Å². The van der Waals surface area contributed by atoms with Crippen LogP contribution in [-0.2, 0) is 11.2 Å². The number of hydrogen-bond donors (Lipinski definition) is 2. The normalized spacial score (nSPS) is 12.8. The van der Waals surface area contributed by atoms with Crippen molar-refractivity contribution in [1.82, 2.24) is 9.97 Å². The van der Waals surface area contributed by atoms with E-state index in [0.29, 0.717) is 0 Å². The highest BCUT2D eigenvalue weighted by molar-refractivity contribution is 5.56. The van der Waals surface area contributed by atoms with Crippen LogP contribution in [0.15, 0.2) is 12.5 Å². The zero-order valence-corrected chi connectivity index (χ0v) is 6.86. The van der Waals surface area contributed by atoms with Gasteiger partial charge in [-0.05, 0) is 19.3 Å². The Kier molecular flexibility index (Phi) is 3.47. The van der Waals surface area contributed by atoms with Gasteiger partial charge in [0.15, 0.2) is 0 Å². The van der Waals surface area contributed by atoms with Crippen molar-refractivity contribution < 1.29 is 4.79 Å². The number of aldehydes is 1. The molecule has 66 valence electrons. The number of nitrogens with two attached hydrogens (primary N) is 1. The molecule has 3 N–H and O–H groups in total. The molecule has 1 heterocycles. The summed E-state index contributed by atoms with van der Waals surface area (Å²) in [5.74, 6) is 0. The van der Waals surface area contributed by atoms with E-state index in [2.05, 4.69) is 9.97 Å². The SMILES string of the molecule is NC(C=O)CCCc1cnc[nH]1. The zero-order chi connectivity index (χ0) is 8.81. The van der Waals surface area contributed by atoms with Crippen molar-refractivity contribution in [3.05, 3.63) is 18.2 Å². The molecular formula is C8H13N3O. The quantitative estimate of drug-likeness (QED) is 0.618. The Morgan fingerprint density at radius 3 is 3.17 bits per heavy atom. The van der Waals surface area contributed by atoms with Gasteiger partial charge in [-0.25, -0.2) is 4.98 Å². The second-order valence-electron chi connectivity index (χ2n) is 2.77. The third kappa shape index (κ3) is 2.84. The van der Waals surface area contributed by atoms with E-state index in [1.807, 2.05) is 0 Å². The lowest BCUT2D eigenvalue weighted by Gasteiger charge is -2.01. The summed E-state index contributed by atoms with van der Waals surface area (Å²) < 4.78 is 0. The van der Waals surface area contributed by atoms with Gasteiger partial charge in [-0.3, -0.25) is 0 Å². The molecule has 0 aromatic carbocycles. The lowest BCUT2D eigenvalue weighted by molar-refractivity contribution is -0.109. The van der Waals surface area contributed by atoms with Gasteiger partial charge in [-0.2, -0.15) is 0 Å². The van der Waals surface area contributed by atoms with E-state index >= 15 is 0 Å². The molecule has 4 nitrogen and oxygen atoms in total. The molecule has 0 amide bonds. The Labute approximate surface area is 71.2 Å². The van der Waals surface area contributed by atoms with Crippen molar-refractivity contribution in [3.63, 3.8) is 0 Å². The number of carbonyl (C=O) groups is 1. The molecule has 0 aliphatic rings. The number of hydrogen-bond acceptors (Lipinski definition) is 3.